The summed E-state index contributed by atoms with van der Waals surface area (Å²) in [7, 11) is -0.208. The smallest absolute Gasteiger partial charge is 0.407 e. The van der Waals surface area contributed by atoms with Crippen molar-refractivity contribution >= 4 is 12.6 Å². The molecular weight excluding hydrogens is 499 g/mol. The highest BCUT2D eigenvalue weighted by Gasteiger charge is 2.20. The monoisotopic (exact) mass is 571 g/mol. The van der Waals surface area contributed by atoms with Gasteiger partial charge in [-0.15, -0.1) is 0 Å². The van der Waals surface area contributed by atoms with Gasteiger partial charge in [0.25, 0.3) is 0 Å². The van der Waals surface area contributed by atoms with Gasteiger partial charge in [0.05, 0.1) is 0 Å². The lowest BCUT2D eigenvalue weighted by Crippen LogP contribution is -2.37. The average Bonchev–Trinajstić information content (AvgIpc) is 3.00. The first kappa shape index (κ1) is 38.2. The van der Waals surface area contributed by atoms with Crippen LogP contribution in [-0.4, -0.2) is 20.3 Å². The summed E-state index contributed by atoms with van der Waals surface area (Å²) < 4.78 is 12.5. The first-order valence-corrected chi connectivity index (χ1v) is 18.7. The second kappa shape index (κ2) is 32.1. The van der Waals surface area contributed by atoms with Crippen LogP contribution in [0.25, 0.3) is 0 Å². The third-order valence-electron chi connectivity index (χ3n) is 8.61. The molecule has 0 heterocycles. The molecule has 0 amide bonds. The van der Waals surface area contributed by atoms with Crippen molar-refractivity contribution in [1.29, 1.82) is 0 Å². The van der Waals surface area contributed by atoms with E-state index in [2.05, 4.69) is 44.2 Å². The predicted molar refractivity (Wildman–Crippen MR) is 184 cm³/mol. The molecule has 0 saturated carbocycles. The fraction of sp³-hybridized carbons (Fsp3) is 0.842. The van der Waals surface area contributed by atoms with E-state index in [0.29, 0.717) is 0 Å². The fourth-order valence-electron chi connectivity index (χ4n) is 5.82. The Hall–Kier alpha value is -0.795. The van der Waals surface area contributed by atoms with E-state index in [9.17, 15) is 0 Å². The van der Waals surface area contributed by atoms with Crippen molar-refractivity contribution in [2.24, 2.45) is 0 Å². The molecule has 0 spiro atoms. The molecular formula is C38H71BO2. The summed E-state index contributed by atoms with van der Waals surface area (Å²) in [5, 5.41) is 0. The average molecular weight is 571 g/mol. The normalized spacial score (nSPS) is 11.4. The van der Waals surface area contributed by atoms with Gasteiger partial charge in [-0.3, -0.25) is 0 Å². The topological polar surface area (TPSA) is 18.5 Å². The molecule has 3 heteroatoms. The molecule has 1 rings (SSSR count). The van der Waals surface area contributed by atoms with Crippen LogP contribution in [0.3, 0.4) is 0 Å². The van der Waals surface area contributed by atoms with E-state index >= 15 is 0 Å². The first-order valence-electron chi connectivity index (χ1n) is 18.7. The Kier molecular flexibility index (Phi) is 30.0. The summed E-state index contributed by atoms with van der Waals surface area (Å²) in [6, 6.07) is 10.5. The Bertz CT molecular complexity index is 574. The van der Waals surface area contributed by atoms with Crippen molar-refractivity contribution in [2.75, 3.05) is 13.2 Å². The van der Waals surface area contributed by atoms with Gasteiger partial charge in [0.15, 0.2) is 0 Å². The first-order chi connectivity index (χ1) is 20.4. The Morgan fingerprint density at radius 3 is 0.927 bits per heavy atom. The fourth-order valence-corrected chi connectivity index (χ4v) is 5.82. The van der Waals surface area contributed by atoms with Crippen LogP contribution in [0.2, 0.25) is 0 Å². The molecule has 1 aromatic carbocycles. The van der Waals surface area contributed by atoms with Crippen molar-refractivity contribution in [3.63, 3.8) is 0 Å². The molecule has 0 aliphatic rings. The van der Waals surface area contributed by atoms with Crippen molar-refractivity contribution < 1.29 is 9.31 Å². The Morgan fingerprint density at radius 2 is 0.634 bits per heavy atom. The number of hydrogen-bond donors (Lipinski definition) is 0. The van der Waals surface area contributed by atoms with Crippen LogP contribution in [0.4, 0.5) is 0 Å². The molecule has 0 aromatic heterocycles. The Balaban J connectivity index is 1.97. The molecule has 0 bridgehead atoms. The number of unbranched alkanes of at least 4 members (excludes halogenated alkanes) is 26. The predicted octanol–water partition coefficient (Wildman–Crippen LogP) is 12.4. The van der Waals surface area contributed by atoms with Gasteiger partial charge >= 0.3 is 7.12 Å². The lowest BCUT2D eigenvalue weighted by molar-refractivity contribution is 0.199. The number of benzene rings is 1. The summed E-state index contributed by atoms with van der Waals surface area (Å²) in [4.78, 5) is 0. The summed E-state index contributed by atoms with van der Waals surface area (Å²) >= 11 is 0. The van der Waals surface area contributed by atoms with Crippen molar-refractivity contribution in [2.45, 2.75) is 194 Å². The molecule has 41 heavy (non-hydrogen) atoms. The minimum atomic E-state index is -0.208. The van der Waals surface area contributed by atoms with Crippen molar-refractivity contribution in [3.05, 3.63) is 30.3 Å². The molecule has 0 atom stereocenters. The second-order valence-corrected chi connectivity index (χ2v) is 12.7. The largest absolute Gasteiger partial charge is 0.493 e. The van der Waals surface area contributed by atoms with Gasteiger partial charge in [0, 0.05) is 13.2 Å². The van der Waals surface area contributed by atoms with E-state index in [4.69, 9.17) is 9.31 Å². The molecule has 0 fully saturated rings. The van der Waals surface area contributed by atoms with Crippen LogP contribution in [0.5, 0.6) is 0 Å². The molecule has 238 valence electrons. The lowest BCUT2D eigenvalue weighted by atomic mass is 9.79. The van der Waals surface area contributed by atoms with Gasteiger partial charge in [0.2, 0.25) is 0 Å². The zero-order valence-electron chi connectivity index (χ0n) is 28.0. The van der Waals surface area contributed by atoms with Gasteiger partial charge < -0.3 is 9.31 Å². The molecule has 0 saturated heterocycles. The van der Waals surface area contributed by atoms with E-state index in [1.807, 2.05) is 0 Å². The van der Waals surface area contributed by atoms with Gasteiger partial charge in [-0.1, -0.05) is 211 Å². The highest BCUT2D eigenvalue weighted by atomic mass is 16.6. The van der Waals surface area contributed by atoms with Gasteiger partial charge in [-0.25, -0.2) is 0 Å². The molecule has 2 nitrogen and oxygen atoms in total. The zero-order chi connectivity index (χ0) is 29.3. The van der Waals surface area contributed by atoms with Crippen LogP contribution < -0.4 is 5.46 Å². The highest BCUT2D eigenvalue weighted by Crippen LogP contribution is 2.14. The zero-order valence-corrected chi connectivity index (χ0v) is 28.0. The quantitative estimate of drug-likeness (QED) is 0.0618. The summed E-state index contributed by atoms with van der Waals surface area (Å²) in [6.45, 7) is 6.20. The molecule has 1 aromatic rings. The van der Waals surface area contributed by atoms with E-state index in [-0.39, 0.29) is 7.12 Å². The maximum absolute atomic E-state index is 6.23. The molecule has 0 aliphatic heterocycles. The van der Waals surface area contributed by atoms with Crippen LogP contribution in [-0.2, 0) is 9.31 Å². The van der Waals surface area contributed by atoms with Gasteiger partial charge in [-0.2, -0.15) is 0 Å². The SMILES string of the molecule is CCCCCCCCCCCCCCCCOB(OCCCCCCCCCCCCCCCC)c1ccccc1. The van der Waals surface area contributed by atoms with E-state index < -0.39 is 0 Å². The third-order valence-corrected chi connectivity index (χ3v) is 8.61. The summed E-state index contributed by atoms with van der Waals surface area (Å²) in [5.41, 5.74) is 1.16. The summed E-state index contributed by atoms with van der Waals surface area (Å²) in [5.74, 6) is 0. The summed E-state index contributed by atoms with van der Waals surface area (Å²) in [6.07, 6.45) is 38.9. The Labute approximate surface area is 258 Å². The number of hydrogen-bond acceptors (Lipinski definition) is 2. The maximum atomic E-state index is 6.23. The molecule has 0 aliphatic carbocycles. The van der Waals surface area contributed by atoms with Crippen molar-refractivity contribution in [1.82, 2.24) is 0 Å². The maximum Gasteiger partial charge on any atom is 0.493 e. The standard InChI is InChI=1S/C38H71BO2/c1-3-5-7-9-11-13-15-17-19-21-23-25-27-32-36-40-39(38-34-30-29-31-35-38)41-37-33-28-26-24-22-20-18-16-14-12-10-8-6-4-2/h29-31,34-35H,3-28,32-33,36-37H2,1-2H3. The minimum absolute atomic E-state index is 0.208. The van der Waals surface area contributed by atoms with E-state index in [1.165, 1.54) is 167 Å². The van der Waals surface area contributed by atoms with Gasteiger partial charge in [-0.05, 0) is 18.3 Å². The van der Waals surface area contributed by atoms with E-state index in [0.717, 1.165) is 31.5 Å². The second-order valence-electron chi connectivity index (χ2n) is 12.7. The lowest BCUT2D eigenvalue weighted by Gasteiger charge is -2.15. The van der Waals surface area contributed by atoms with Crippen LogP contribution in [0.1, 0.15) is 194 Å². The van der Waals surface area contributed by atoms with Crippen LogP contribution in [0.15, 0.2) is 30.3 Å². The number of rotatable bonds is 33. The van der Waals surface area contributed by atoms with Crippen LogP contribution >= 0.6 is 0 Å². The van der Waals surface area contributed by atoms with Gasteiger partial charge in [0.1, 0.15) is 0 Å². The highest BCUT2D eigenvalue weighted by molar-refractivity contribution is 6.61. The molecule has 0 unspecified atom stereocenters. The minimum Gasteiger partial charge on any atom is -0.407 e. The van der Waals surface area contributed by atoms with Crippen LogP contribution in [0, 0.1) is 0 Å². The Morgan fingerprint density at radius 1 is 0.366 bits per heavy atom. The molecule has 0 radical (unpaired) electrons. The third kappa shape index (κ3) is 26.6. The van der Waals surface area contributed by atoms with Crippen molar-refractivity contribution in [3.8, 4) is 0 Å². The molecule has 0 N–H and O–H groups in total. The van der Waals surface area contributed by atoms with E-state index in [1.54, 1.807) is 0 Å².